The van der Waals surface area contributed by atoms with Crippen molar-refractivity contribution in [3.63, 3.8) is 0 Å². The third-order valence-electron chi connectivity index (χ3n) is 4.03. The van der Waals surface area contributed by atoms with Gasteiger partial charge in [0.25, 0.3) is 5.91 Å². The molecule has 0 spiro atoms. The van der Waals surface area contributed by atoms with Crippen molar-refractivity contribution in [2.45, 2.75) is 0 Å². The van der Waals surface area contributed by atoms with Crippen LogP contribution in [0.25, 0.3) is 16.3 Å². The van der Waals surface area contributed by atoms with Crippen molar-refractivity contribution in [3.05, 3.63) is 51.4 Å². The Labute approximate surface area is 188 Å². The van der Waals surface area contributed by atoms with Gasteiger partial charge in [0.15, 0.2) is 5.13 Å². The van der Waals surface area contributed by atoms with Gasteiger partial charge in [-0.25, -0.2) is 4.98 Å². The maximum absolute atomic E-state index is 12.9. The largest absolute Gasteiger partial charge is 0.497 e. The quantitative estimate of drug-likeness (QED) is 0.278. The summed E-state index contributed by atoms with van der Waals surface area (Å²) in [6, 6.07) is 8.68. The number of thiazole rings is 1. The van der Waals surface area contributed by atoms with E-state index < -0.39 is 4.92 Å². The average Bonchev–Trinajstić information content (AvgIpc) is 3.32. The number of thiophene rings is 1. The fourth-order valence-corrected chi connectivity index (χ4v) is 4.21. The number of nitrogens with zero attached hydrogens (tertiary/aromatic N) is 4. The molecular weight excluding hydrogens is 448 g/mol. The van der Waals surface area contributed by atoms with Gasteiger partial charge in [-0.15, -0.1) is 12.4 Å². The van der Waals surface area contributed by atoms with Crippen LogP contribution in [0.2, 0.25) is 0 Å². The van der Waals surface area contributed by atoms with Crippen molar-refractivity contribution < 1.29 is 14.5 Å². The summed E-state index contributed by atoms with van der Waals surface area (Å²) in [5, 5.41) is 11.5. The van der Waals surface area contributed by atoms with Crippen LogP contribution >= 0.6 is 35.1 Å². The van der Waals surface area contributed by atoms with Crippen molar-refractivity contribution in [1.29, 1.82) is 0 Å². The summed E-state index contributed by atoms with van der Waals surface area (Å²) in [5.74, 6) is 0.480. The Hall–Kier alpha value is -2.53. The number of hydrogen-bond acceptors (Lipinski definition) is 8. The average molecular weight is 469 g/mol. The zero-order valence-electron chi connectivity index (χ0n) is 16.6. The zero-order valence-corrected chi connectivity index (χ0v) is 19.1. The molecule has 0 unspecified atom stereocenters. The number of fused-ring (bicyclic) bond motifs is 1. The van der Waals surface area contributed by atoms with Crippen LogP contribution in [-0.4, -0.2) is 55.0 Å². The van der Waals surface area contributed by atoms with Gasteiger partial charge in [-0.1, -0.05) is 22.7 Å². The van der Waals surface area contributed by atoms with Gasteiger partial charge in [0.05, 0.1) is 22.2 Å². The Morgan fingerprint density at radius 1 is 1.23 bits per heavy atom. The Kier molecular flexibility index (Phi) is 8.30. The van der Waals surface area contributed by atoms with E-state index in [-0.39, 0.29) is 23.3 Å². The highest BCUT2D eigenvalue weighted by Gasteiger charge is 2.18. The number of aromatic nitrogens is 1. The first kappa shape index (κ1) is 23.7. The molecule has 3 aromatic rings. The number of hydrogen-bond donors (Lipinski definition) is 0. The molecule has 1 amide bonds. The first-order valence-corrected chi connectivity index (χ1v) is 10.3. The molecule has 0 N–H and O–H groups in total. The fraction of sp³-hybridized carbons (Fsp3) is 0.263. The maximum Gasteiger partial charge on any atom is 0.324 e. The van der Waals surface area contributed by atoms with Gasteiger partial charge in [0, 0.05) is 36.2 Å². The van der Waals surface area contributed by atoms with E-state index in [2.05, 4.69) is 4.98 Å². The molecule has 0 aliphatic rings. The van der Waals surface area contributed by atoms with Crippen molar-refractivity contribution in [1.82, 2.24) is 9.88 Å². The van der Waals surface area contributed by atoms with Crippen LogP contribution in [-0.2, 0) is 4.79 Å². The van der Waals surface area contributed by atoms with Crippen LogP contribution in [0.5, 0.6) is 5.75 Å². The second kappa shape index (κ2) is 10.5. The number of carbonyl (C=O) groups is 1. The maximum atomic E-state index is 12.9. The van der Waals surface area contributed by atoms with Crippen LogP contribution in [0.3, 0.4) is 0 Å². The van der Waals surface area contributed by atoms with Gasteiger partial charge < -0.3 is 9.64 Å². The molecule has 3 rings (SSSR count). The van der Waals surface area contributed by atoms with Crippen molar-refractivity contribution >= 4 is 67.4 Å². The van der Waals surface area contributed by atoms with Gasteiger partial charge >= 0.3 is 5.00 Å². The molecule has 2 aromatic heterocycles. The zero-order chi connectivity index (χ0) is 21.0. The molecule has 0 bridgehead atoms. The Morgan fingerprint density at radius 3 is 2.63 bits per heavy atom. The number of rotatable bonds is 8. The third-order valence-corrected chi connectivity index (χ3v) is 6.10. The number of nitro groups is 1. The molecule has 0 radical (unpaired) electrons. The minimum atomic E-state index is -0.442. The predicted octanol–water partition coefficient (Wildman–Crippen LogP) is 4.30. The molecule has 0 aliphatic carbocycles. The molecule has 8 nitrogen and oxygen atoms in total. The van der Waals surface area contributed by atoms with Crippen LogP contribution in [0.1, 0.15) is 4.88 Å². The first-order chi connectivity index (χ1) is 13.9. The molecular formula is C19H21ClN4O4S2. The first-order valence-electron chi connectivity index (χ1n) is 8.70. The SMILES string of the molecule is COc1ccc2sc(N(CCN(C)C)C(=O)C=Cc3ccc([N+](=O)[O-])s3)nc2c1.Cl. The van der Waals surface area contributed by atoms with Gasteiger partial charge in [-0.05, 0) is 38.4 Å². The lowest BCUT2D eigenvalue weighted by atomic mass is 10.3. The van der Waals surface area contributed by atoms with Crippen molar-refractivity contribution in [3.8, 4) is 5.75 Å². The highest BCUT2D eigenvalue weighted by Crippen LogP contribution is 2.31. The Balaban J connectivity index is 0.00000320. The number of benzene rings is 1. The molecule has 30 heavy (non-hydrogen) atoms. The smallest absolute Gasteiger partial charge is 0.324 e. The summed E-state index contributed by atoms with van der Waals surface area (Å²) in [6.07, 6.45) is 3.02. The van der Waals surface area contributed by atoms with E-state index in [0.717, 1.165) is 21.6 Å². The molecule has 1 aromatic carbocycles. The number of ether oxygens (including phenoxy) is 1. The lowest BCUT2D eigenvalue weighted by molar-refractivity contribution is -0.380. The van der Waals surface area contributed by atoms with Crippen molar-refractivity contribution in [2.75, 3.05) is 39.2 Å². The second-order valence-corrected chi connectivity index (χ2v) is 8.49. The topological polar surface area (TPSA) is 88.8 Å². The van der Waals surface area contributed by atoms with E-state index in [4.69, 9.17) is 4.74 Å². The number of methoxy groups -OCH3 is 1. The van der Waals surface area contributed by atoms with E-state index in [1.807, 2.05) is 37.2 Å². The van der Waals surface area contributed by atoms with E-state index >= 15 is 0 Å². The summed E-state index contributed by atoms with van der Waals surface area (Å²) in [7, 11) is 5.47. The molecule has 0 atom stereocenters. The normalized spacial score (nSPS) is 11.1. The van der Waals surface area contributed by atoms with E-state index in [9.17, 15) is 14.9 Å². The minimum absolute atomic E-state index is 0. The van der Waals surface area contributed by atoms with Crippen molar-refractivity contribution in [2.24, 2.45) is 0 Å². The van der Waals surface area contributed by atoms with Crippen LogP contribution < -0.4 is 9.64 Å². The summed E-state index contributed by atoms with van der Waals surface area (Å²) in [5.41, 5.74) is 0.768. The van der Waals surface area contributed by atoms with Gasteiger partial charge in [-0.2, -0.15) is 0 Å². The van der Waals surface area contributed by atoms with Gasteiger partial charge in [0.2, 0.25) is 0 Å². The molecule has 2 heterocycles. The Bertz CT molecular complexity index is 1060. The summed E-state index contributed by atoms with van der Waals surface area (Å²) in [4.78, 5) is 32.1. The van der Waals surface area contributed by atoms with Gasteiger partial charge in [-0.3, -0.25) is 19.8 Å². The van der Waals surface area contributed by atoms with E-state index in [0.29, 0.717) is 28.8 Å². The van der Waals surface area contributed by atoms with E-state index in [1.54, 1.807) is 24.2 Å². The molecule has 0 saturated heterocycles. The van der Waals surface area contributed by atoms with Crippen LogP contribution in [0.15, 0.2) is 36.4 Å². The highest BCUT2D eigenvalue weighted by molar-refractivity contribution is 7.22. The number of amides is 1. The predicted molar refractivity (Wildman–Crippen MR) is 124 cm³/mol. The molecule has 0 aliphatic heterocycles. The number of likely N-dealkylation sites (N-methyl/N-ethyl adjacent to an activating group) is 1. The molecule has 0 fully saturated rings. The minimum Gasteiger partial charge on any atom is -0.497 e. The summed E-state index contributed by atoms with van der Waals surface area (Å²) >= 11 is 2.46. The number of halogens is 1. The number of anilines is 1. The number of carbonyl (C=O) groups excluding carboxylic acids is 1. The van der Waals surface area contributed by atoms with E-state index in [1.165, 1.54) is 23.5 Å². The summed E-state index contributed by atoms with van der Waals surface area (Å²) < 4.78 is 6.20. The van der Waals surface area contributed by atoms with Crippen LogP contribution in [0.4, 0.5) is 10.1 Å². The molecule has 0 saturated carbocycles. The highest BCUT2D eigenvalue weighted by atomic mass is 35.5. The standard InChI is InChI=1S/C19H20N4O4S2.ClH/c1-21(2)10-11-22(17(24)8-5-14-6-9-18(28-14)23(25)26)19-20-15-12-13(27-3)4-7-16(15)29-19;/h4-9,12H,10-11H2,1-3H3;1H. The molecule has 11 heteroatoms. The third kappa shape index (κ3) is 5.76. The molecule has 160 valence electrons. The Morgan fingerprint density at radius 2 is 2.00 bits per heavy atom. The van der Waals surface area contributed by atoms with Gasteiger partial charge in [0.1, 0.15) is 5.75 Å². The lowest BCUT2D eigenvalue weighted by Gasteiger charge is -2.20. The second-order valence-electron chi connectivity index (χ2n) is 6.39. The lowest BCUT2D eigenvalue weighted by Crippen LogP contribution is -2.35. The summed E-state index contributed by atoms with van der Waals surface area (Å²) in [6.45, 7) is 1.14. The van der Waals surface area contributed by atoms with Crippen LogP contribution in [0, 0.1) is 10.1 Å². The monoisotopic (exact) mass is 468 g/mol. The fourth-order valence-electron chi connectivity index (χ4n) is 2.51.